The lowest BCUT2D eigenvalue weighted by atomic mass is 10.1. The average molecular weight is 151 g/mol. The van der Waals surface area contributed by atoms with E-state index in [2.05, 4.69) is 0 Å². The Morgan fingerprint density at radius 2 is 2.27 bits per heavy atom. The maximum absolute atomic E-state index is 10.4. The Hall–Kier alpha value is -1.35. The van der Waals surface area contributed by atoms with E-state index in [-0.39, 0.29) is 12.3 Å². The summed E-state index contributed by atoms with van der Waals surface area (Å²) in [5, 5.41) is 9.18. The summed E-state index contributed by atoms with van der Waals surface area (Å²) in [4.78, 5) is 10.4. The monoisotopic (exact) mass is 151 g/mol. The van der Waals surface area contributed by atoms with Crippen LogP contribution in [0.25, 0.3) is 0 Å². The lowest BCUT2D eigenvalue weighted by Gasteiger charge is -2.02. The van der Waals surface area contributed by atoms with Crippen LogP contribution in [0.3, 0.4) is 0 Å². The van der Waals surface area contributed by atoms with Gasteiger partial charge in [0.1, 0.15) is 5.75 Å². The number of carbonyl (C=O) groups is 1. The molecule has 0 aliphatic rings. The summed E-state index contributed by atoms with van der Waals surface area (Å²) in [6.07, 6.45) is 0.682. The summed E-state index contributed by atoms with van der Waals surface area (Å²) >= 11 is 0. The molecule has 11 heavy (non-hydrogen) atoms. The highest BCUT2D eigenvalue weighted by atomic mass is 16.3. The molecular weight excluding hydrogens is 142 g/mol. The second-order valence-electron chi connectivity index (χ2n) is 2.17. The molecule has 3 heteroatoms. The Labute approximate surface area is 64.5 Å². The van der Waals surface area contributed by atoms with Crippen LogP contribution in [0.1, 0.15) is 15.9 Å². The third kappa shape index (κ3) is 1.38. The van der Waals surface area contributed by atoms with Gasteiger partial charge in [-0.2, -0.15) is 0 Å². The first kappa shape index (κ1) is 7.75. The molecule has 0 atom stereocenters. The zero-order chi connectivity index (χ0) is 8.27. The number of carbonyl (C=O) groups excluding carboxylic acids is 1. The molecule has 0 aliphatic carbocycles. The van der Waals surface area contributed by atoms with E-state index in [0.29, 0.717) is 17.4 Å². The number of phenolic OH excluding ortho intramolecular Hbond substituents is 1. The van der Waals surface area contributed by atoms with Gasteiger partial charge in [-0.15, -0.1) is 0 Å². The van der Waals surface area contributed by atoms with Crippen LogP contribution in [0.4, 0.5) is 0 Å². The van der Waals surface area contributed by atoms with Gasteiger partial charge < -0.3 is 10.8 Å². The first-order chi connectivity index (χ1) is 5.29. The van der Waals surface area contributed by atoms with Crippen molar-refractivity contribution in [2.24, 2.45) is 5.73 Å². The van der Waals surface area contributed by atoms with Gasteiger partial charge >= 0.3 is 0 Å². The SMILES string of the molecule is NCc1c(O)cccc1C=O. The van der Waals surface area contributed by atoms with Gasteiger partial charge in [0.2, 0.25) is 0 Å². The second-order valence-corrected chi connectivity index (χ2v) is 2.17. The lowest BCUT2D eigenvalue weighted by molar-refractivity contribution is 0.112. The fourth-order valence-corrected chi connectivity index (χ4v) is 0.925. The Morgan fingerprint density at radius 3 is 2.73 bits per heavy atom. The van der Waals surface area contributed by atoms with Crippen molar-refractivity contribution in [3.05, 3.63) is 29.3 Å². The van der Waals surface area contributed by atoms with Gasteiger partial charge in [0.05, 0.1) is 0 Å². The second kappa shape index (κ2) is 3.16. The van der Waals surface area contributed by atoms with E-state index in [9.17, 15) is 9.90 Å². The third-order valence-corrected chi connectivity index (χ3v) is 1.52. The topological polar surface area (TPSA) is 63.3 Å². The Balaban J connectivity index is 3.23. The van der Waals surface area contributed by atoms with Crippen LogP contribution in [-0.2, 0) is 6.54 Å². The van der Waals surface area contributed by atoms with Gasteiger partial charge in [-0.05, 0) is 6.07 Å². The molecule has 0 amide bonds. The van der Waals surface area contributed by atoms with Gasteiger partial charge in [0, 0.05) is 17.7 Å². The largest absolute Gasteiger partial charge is 0.508 e. The third-order valence-electron chi connectivity index (χ3n) is 1.52. The van der Waals surface area contributed by atoms with Gasteiger partial charge in [0.15, 0.2) is 6.29 Å². The predicted molar refractivity (Wildman–Crippen MR) is 41.4 cm³/mol. The van der Waals surface area contributed by atoms with Gasteiger partial charge in [-0.1, -0.05) is 12.1 Å². The van der Waals surface area contributed by atoms with Crippen molar-refractivity contribution in [2.75, 3.05) is 0 Å². The van der Waals surface area contributed by atoms with E-state index in [1.807, 2.05) is 0 Å². The van der Waals surface area contributed by atoms with Crippen molar-refractivity contribution in [3.8, 4) is 5.75 Å². The van der Waals surface area contributed by atoms with Crippen LogP contribution < -0.4 is 5.73 Å². The van der Waals surface area contributed by atoms with E-state index in [1.165, 1.54) is 6.07 Å². The normalized spacial score (nSPS) is 9.55. The maximum Gasteiger partial charge on any atom is 0.150 e. The van der Waals surface area contributed by atoms with Gasteiger partial charge in [-0.3, -0.25) is 4.79 Å². The number of aromatic hydroxyl groups is 1. The summed E-state index contributed by atoms with van der Waals surface area (Å²) < 4.78 is 0. The summed E-state index contributed by atoms with van der Waals surface area (Å²) in [6.45, 7) is 0.181. The summed E-state index contributed by atoms with van der Waals surface area (Å²) in [5.41, 5.74) is 6.26. The lowest BCUT2D eigenvalue weighted by Crippen LogP contribution is -2.00. The van der Waals surface area contributed by atoms with Crippen LogP contribution in [-0.4, -0.2) is 11.4 Å². The number of hydrogen-bond donors (Lipinski definition) is 2. The zero-order valence-corrected chi connectivity index (χ0v) is 5.95. The maximum atomic E-state index is 10.4. The number of rotatable bonds is 2. The van der Waals surface area contributed by atoms with Crippen LogP contribution in [0, 0.1) is 0 Å². The van der Waals surface area contributed by atoms with Crippen LogP contribution in [0.2, 0.25) is 0 Å². The molecule has 0 bridgehead atoms. The molecule has 0 spiro atoms. The number of nitrogens with two attached hydrogens (primary N) is 1. The smallest absolute Gasteiger partial charge is 0.150 e. The minimum Gasteiger partial charge on any atom is -0.508 e. The van der Waals surface area contributed by atoms with Crippen molar-refractivity contribution < 1.29 is 9.90 Å². The van der Waals surface area contributed by atoms with E-state index in [4.69, 9.17) is 5.73 Å². The van der Waals surface area contributed by atoms with Crippen LogP contribution >= 0.6 is 0 Å². The molecule has 0 heterocycles. The van der Waals surface area contributed by atoms with E-state index in [1.54, 1.807) is 12.1 Å². The molecule has 0 unspecified atom stereocenters. The summed E-state index contributed by atoms with van der Waals surface area (Å²) in [5.74, 6) is 0.0806. The number of aldehydes is 1. The molecule has 3 N–H and O–H groups in total. The molecule has 1 aromatic carbocycles. The highest BCUT2D eigenvalue weighted by Crippen LogP contribution is 2.18. The van der Waals surface area contributed by atoms with Crippen molar-refractivity contribution in [1.29, 1.82) is 0 Å². The van der Waals surface area contributed by atoms with Crippen molar-refractivity contribution >= 4 is 6.29 Å². The first-order valence-corrected chi connectivity index (χ1v) is 3.25. The molecule has 0 saturated heterocycles. The van der Waals surface area contributed by atoms with Crippen LogP contribution in [0.15, 0.2) is 18.2 Å². The number of benzene rings is 1. The molecule has 0 saturated carbocycles. The Bertz CT molecular complexity index is 271. The van der Waals surface area contributed by atoms with Gasteiger partial charge in [0.25, 0.3) is 0 Å². The van der Waals surface area contributed by atoms with Crippen molar-refractivity contribution in [1.82, 2.24) is 0 Å². The van der Waals surface area contributed by atoms with Crippen molar-refractivity contribution in [2.45, 2.75) is 6.54 Å². The van der Waals surface area contributed by atoms with Gasteiger partial charge in [-0.25, -0.2) is 0 Å². The summed E-state index contributed by atoms with van der Waals surface area (Å²) in [6, 6.07) is 4.74. The van der Waals surface area contributed by atoms with E-state index < -0.39 is 0 Å². The molecule has 0 aliphatic heterocycles. The fraction of sp³-hybridized carbons (Fsp3) is 0.125. The minimum absolute atomic E-state index is 0.0806. The average Bonchev–Trinajstić information content (AvgIpc) is 2.04. The van der Waals surface area contributed by atoms with Crippen molar-refractivity contribution in [3.63, 3.8) is 0 Å². The predicted octanol–water partition coefficient (Wildman–Crippen LogP) is 0.663. The molecule has 1 aromatic rings. The number of hydrogen-bond acceptors (Lipinski definition) is 3. The molecule has 0 radical (unpaired) electrons. The molecule has 58 valence electrons. The molecular formula is C8H9NO2. The first-order valence-electron chi connectivity index (χ1n) is 3.25. The molecule has 1 rings (SSSR count). The van der Waals surface area contributed by atoms with E-state index in [0.717, 1.165) is 0 Å². The quantitative estimate of drug-likeness (QED) is 0.610. The van der Waals surface area contributed by atoms with Crippen LogP contribution in [0.5, 0.6) is 5.75 Å². The van der Waals surface area contributed by atoms with E-state index >= 15 is 0 Å². The Kier molecular flexibility index (Phi) is 2.23. The zero-order valence-electron chi connectivity index (χ0n) is 5.95. The number of phenols is 1. The minimum atomic E-state index is 0.0806. The highest BCUT2D eigenvalue weighted by molar-refractivity contribution is 5.78. The fourth-order valence-electron chi connectivity index (χ4n) is 0.925. The highest BCUT2D eigenvalue weighted by Gasteiger charge is 2.03. The molecule has 0 aromatic heterocycles. The summed E-state index contributed by atoms with van der Waals surface area (Å²) in [7, 11) is 0. The Morgan fingerprint density at radius 1 is 1.55 bits per heavy atom. The molecule has 3 nitrogen and oxygen atoms in total. The standard InChI is InChI=1S/C8H9NO2/c9-4-7-6(5-10)2-1-3-8(7)11/h1-3,5,11H,4,9H2. The molecule has 0 fully saturated rings.